The normalized spacial score (nSPS) is 11.1. The van der Waals surface area contributed by atoms with Crippen LogP contribution in [0.1, 0.15) is 11.1 Å². The molecule has 2 aromatic heterocycles. The number of nitro benzene ring substituents is 1. The molecule has 214 valence electrons. The van der Waals surface area contributed by atoms with Gasteiger partial charge in [0.15, 0.2) is 5.82 Å². The first kappa shape index (κ1) is 28.9. The second-order valence-corrected chi connectivity index (χ2v) is 11.1. The van der Waals surface area contributed by atoms with Crippen LogP contribution in [0.2, 0.25) is 10.0 Å². The molecule has 0 saturated heterocycles. The molecule has 0 aliphatic heterocycles. The van der Waals surface area contributed by atoms with Gasteiger partial charge in [0, 0.05) is 34.0 Å². The standard InChI is InChI=1S/C32H18Cl2N6O3S/c33-22-12-13-23(25(34)16-22)30-37-32(39-38-30)44-27-14-11-19(15-26(27)40(41)42)18-36-31-24(17-35)28(20-7-3-1-4-8-20)29(43-31)21-9-5-2-6-10-21/h1-16,18H,(H,37,38,39). The van der Waals surface area contributed by atoms with Crippen LogP contribution in [-0.2, 0) is 0 Å². The second kappa shape index (κ2) is 12.6. The number of H-pyrrole nitrogens is 1. The molecule has 0 saturated carbocycles. The molecule has 0 unspecified atom stereocenters. The molecule has 6 rings (SSSR count). The smallest absolute Gasteiger partial charge is 0.283 e. The van der Waals surface area contributed by atoms with Crippen LogP contribution in [0, 0.1) is 21.4 Å². The molecule has 44 heavy (non-hydrogen) atoms. The number of nitro groups is 1. The Hall–Kier alpha value is -5.21. The van der Waals surface area contributed by atoms with Gasteiger partial charge in [0.2, 0.25) is 11.0 Å². The number of aliphatic imine (C=N–C) groups is 1. The average Bonchev–Trinajstić information content (AvgIpc) is 3.65. The molecule has 1 N–H and O–H groups in total. The van der Waals surface area contributed by atoms with Crippen molar-refractivity contribution in [2.24, 2.45) is 4.99 Å². The molecule has 0 bridgehead atoms. The van der Waals surface area contributed by atoms with E-state index in [9.17, 15) is 15.4 Å². The van der Waals surface area contributed by atoms with E-state index in [-0.39, 0.29) is 22.3 Å². The zero-order valence-corrected chi connectivity index (χ0v) is 24.8. The second-order valence-electron chi connectivity index (χ2n) is 9.27. The number of rotatable bonds is 8. The Morgan fingerprint density at radius 2 is 1.70 bits per heavy atom. The minimum absolute atomic E-state index is 0.0976. The van der Waals surface area contributed by atoms with Crippen LogP contribution in [0.5, 0.6) is 0 Å². The number of halogens is 2. The van der Waals surface area contributed by atoms with E-state index in [2.05, 4.69) is 26.2 Å². The molecule has 2 heterocycles. The van der Waals surface area contributed by atoms with Crippen molar-refractivity contribution in [1.82, 2.24) is 15.2 Å². The Labute approximate surface area is 265 Å². The molecule has 9 nitrogen and oxygen atoms in total. The fourth-order valence-corrected chi connectivity index (χ4v) is 5.75. The summed E-state index contributed by atoms with van der Waals surface area (Å²) in [4.78, 5) is 20.7. The van der Waals surface area contributed by atoms with E-state index in [0.717, 1.165) is 22.9 Å². The molecule has 0 fully saturated rings. The number of hydrogen-bond acceptors (Lipinski definition) is 8. The Kier molecular flexibility index (Phi) is 8.25. The van der Waals surface area contributed by atoms with Gasteiger partial charge in [0.1, 0.15) is 17.4 Å². The first-order valence-corrected chi connectivity index (χ1v) is 14.5. The van der Waals surface area contributed by atoms with Gasteiger partial charge in [-0.15, -0.1) is 5.10 Å². The van der Waals surface area contributed by atoms with Gasteiger partial charge in [0.05, 0.1) is 14.8 Å². The lowest BCUT2D eigenvalue weighted by molar-refractivity contribution is -0.387. The third-order valence-corrected chi connectivity index (χ3v) is 7.94. The van der Waals surface area contributed by atoms with E-state index in [1.54, 1.807) is 30.3 Å². The third kappa shape index (κ3) is 5.98. The van der Waals surface area contributed by atoms with Crippen molar-refractivity contribution in [1.29, 1.82) is 5.26 Å². The van der Waals surface area contributed by atoms with Crippen molar-refractivity contribution in [2.75, 3.05) is 0 Å². The average molecular weight is 638 g/mol. The quantitative estimate of drug-likeness (QED) is 0.0998. The number of aromatic amines is 1. The van der Waals surface area contributed by atoms with Crippen molar-refractivity contribution in [3.63, 3.8) is 0 Å². The van der Waals surface area contributed by atoms with Gasteiger partial charge < -0.3 is 4.42 Å². The summed E-state index contributed by atoms with van der Waals surface area (Å²) in [6.07, 6.45) is 1.43. The predicted octanol–water partition coefficient (Wildman–Crippen LogP) is 9.39. The van der Waals surface area contributed by atoms with Crippen LogP contribution in [0.3, 0.4) is 0 Å². The highest BCUT2D eigenvalue weighted by atomic mass is 35.5. The maximum absolute atomic E-state index is 12.0. The van der Waals surface area contributed by atoms with Crippen LogP contribution >= 0.6 is 35.0 Å². The van der Waals surface area contributed by atoms with E-state index < -0.39 is 4.92 Å². The van der Waals surface area contributed by atoms with Crippen molar-refractivity contribution in [2.45, 2.75) is 10.1 Å². The maximum atomic E-state index is 12.0. The molecule has 0 radical (unpaired) electrons. The van der Waals surface area contributed by atoms with E-state index in [0.29, 0.717) is 43.2 Å². The summed E-state index contributed by atoms with van der Waals surface area (Å²) in [5.74, 6) is 1.00. The van der Waals surface area contributed by atoms with Crippen LogP contribution < -0.4 is 0 Å². The predicted molar refractivity (Wildman–Crippen MR) is 171 cm³/mol. The van der Waals surface area contributed by atoms with Gasteiger partial charge >= 0.3 is 0 Å². The zero-order chi connectivity index (χ0) is 30.6. The molecule has 12 heteroatoms. The first-order valence-electron chi connectivity index (χ1n) is 13.0. The van der Waals surface area contributed by atoms with Crippen LogP contribution in [0.4, 0.5) is 11.6 Å². The molecule has 6 aromatic rings. The van der Waals surface area contributed by atoms with E-state index in [4.69, 9.17) is 27.6 Å². The highest BCUT2D eigenvalue weighted by Crippen LogP contribution is 2.42. The third-order valence-electron chi connectivity index (χ3n) is 6.46. The van der Waals surface area contributed by atoms with Crippen molar-refractivity contribution in [3.05, 3.63) is 128 Å². The topological polar surface area (TPSA) is 134 Å². The summed E-state index contributed by atoms with van der Waals surface area (Å²) in [5.41, 5.74) is 3.34. The highest BCUT2D eigenvalue weighted by Gasteiger charge is 2.23. The number of furan rings is 1. The molecular weight excluding hydrogens is 619 g/mol. The van der Waals surface area contributed by atoms with E-state index in [1.165, 1.54) is 12.3 Å². The Bertz CT molecular complexity index is 2070. The first-order chi connectivity index (χ1) is 21.4. The van der Waals surface area contributed by atoms with Crippen molar-refractivity contribution < 1.29 is 9.34 Å². The lowest BCUT2D eigenvalue weighted by atomic mass is 9.98. The van der Waals surface area contributed by atoms with Gasteiger partial charge in [-0.05, 0) is 47.2 Å². The molecule has 0 aliphatic carbocycles. The van der Waals surface area contributed by atoms with Gasteiger partial charge in [0.25, 0.3) is 5.69 Å². The van der Waals surface area contributed by atoms with Gasteiger partial charge in [-0.1, -0.05) is 89.9 Å². The summed E-state index contributed by atoms with van der Waals surface area (Å²) >= 11 is 13.3. The van der Waals surface area contributed by atoms with E-state index >= 15 is 0 Å². The molecular formula is C32H18Cl2N6O3S. The number of benzene rings is 4. The lowest BCUT2D eigenvalue weighted by Gasteiger charge is -2.03. The summed E-state index contributed by atoms with van der Waals surface area (Å²) in [5, 5.41) is 30.2. The zero-order valence-electron chi connectivity index (χ0n) is 22.4. The van der Waals surface area contributed by atoms with Crippen molar-refractivity contribution in [3.8, 4) is 39.9 Å². The monoisotopic (exact) mass is 636 g/mol. The Balaban J connectivity index is 1.32. The summed E-state index contributed by atoms with van der Waals surface area (Å²) in [6.45, 7) is 0. The van der Waals surface area contributed by atoms with Crippen LogP contribution in [0.25, 0.3) is 33.8 Å². The minimum Gasteiger partial charge on any atom is -0.436 e. The summed E-state index contributed by atoms with van der Waals surface area (Å²) < 4.78 is 6.14. The lowest BCUT2D eigenvalue weighted by Crippen LogP contribution is -1.93. The molecule has 0 aliphatic rings. The van der Waals surface area contributed by atoms with Gasteiger partial charge in [-0.2, -0.15) is 5.26 Å². The number of nitrogens with zero attached hydrogens (tertiary/aromatic N) is 5. The number of hydrogen-bond donors (Lipinski definition) is 1. The number of nitriles is 1. The van der Waals surface area contributed by atoms with Gasteiger partial charge in [-0.3, -0.25) is 15.2 Å². The summed E-state index contributed by atoms with van der Waals surface area (Å²) in [7, 11) is 0. The minimum atomic E-state index is -0.488. The van der Waals surface area contributed by atoms with Crippen LogP contribution in [0.15, 0.2) is 117 Å². The summed E-state index contributed by atoms with van der Waals surface area (Å²) in [6, 6.07) is 30.7. The fourth-order valence-electron chi connectivity index (χ4n) is 4.46. The molecule has 0 spiro atoms. The molecule has 0 amide bonds. The SMILES string of the molecule is N#Cc1c(N=Cc2ccc(Sc3n[nH]c(-c4ccc(Cl)cc4Cl)n3)c([N+](=O)[O-])c2)oc(-c2ccccc2)c1-c1ccccc1. The van der Waals surface area contributed by atoms with Gasteiger partial charge in [-0.25, -0.2) is 9.98 Å². The van der Waals surface area contributed by atoms with E-state index in [1.807, 2.05) is 60.7 Å². The maximum Gasteiger partial charge on any atom is 0.283 e. The fraction of sp³-hybridized carbons (Fsp3) is 0. The highest BCUT2D eigenvalue weighted by molar-refractivity contribution is 7.99. The molecule has 4 aromatic carbocycles. The Morgan fingerprint density at radius 3 is 2.39 bits per heavy atom. The largest absolute Gasteiger partial charge is 0.436 e. The van der Waals surface area contributed by atoms with Crippen molar-refractivity contribution >= 4 is 52.7 Å². The van der Waals surface area contributed by atoms with Crippen LogP contribution in [-0.4, -0.2) is 26.3 Å². The number of nitrogens with one attached hydrogen (secondary N) is 1. The number of aromatic nitrogens is 3. The Morgan fingerprint density at radius 1 is 0.977 bits per heavy atom. The molecule has 0 atom stereocenters.